The largest absolute Gasteiger partial charge is 0.496 e. The second-order valence-electron chi connectivity index (χ2n) is 6.69. The molecular formula is C17H30N2O2. The Kier molecular flexibility index (Phi) is 6.20. The predicted molar refractivity (Wildman–Crippen MR) is 87.9 cm³/mol. The number of hydrogen-bond donors (Lipinski definition) is 3. The molecule has 2 atom stereocenters. The molecule has 120 valence electrons. The van der Waals surface area contributed by atoms with Crippen LogP contribution >= 0.6 is 0 Å². The lowest BCUT2D eigenvalue weighted by atomic mass is 9.82. The van der Waals surface area contributed by atoms with Gasteiger partial charge in [-0.2, -0.15) is 0 Å². The molecule has 4 heteroatoms. The maximum atomic E-state index is 10.6. The Bertz CT molecular complexity index is 467. The van der Waals surface area contributed by atoms with Gasteiger partial charge in [-0.25, -0.2) is 0 Å². The third kappa shape index (κ3) is 4.43. The van der Waals surface area contributed by atoms with E-state index in [4.69, 9.17) is 10.5 Å². The van der Waals surface area contributed by atoms with E-state index in [2.05, 4.69) is 32.2 Å². The quantitative estimate of drug-likeness (QED) is 0.753. The van der Waals surface area contributed by atoms with Gasteiger partial charge in [0.05, 0.1) is 13.2 Å². The van der Waals surface area contributed by atoms with Crippen molar-refractivity contribution in [2.45, 2.75) is 51.7 Å². The highest BCUT2D eigenvalue weighted by atomic mass is 16.5. The van der Waals surface area contributed by atoms with E-state index in [0.29, 0.717) is 6.42 Å². The van der Waals surface area contributed by atoms with Gasteiger partial charge in [0.15, 0.2) is 0 Å². The van der Waals surface area contributed by atoms with Gasteiger partial charge >= 0.3 is 0 Å². The molecule has 0 fully saturated rings. The lowest BCUT2D eigenvalue weighted by Crippen LogP contribution is -2.32. The van der Waals surface area contributed by atoms with Crippen molar-refractivity contribution in [1.29, 1.82) is 0 Å². The molecule has 21 heavy (non-hydrogen) atoms. The van der Waals surface area contributed by atoms with Gasteiger partial charge in [-0.1, -0.05) is 32.4 Å². The van der Waals surface area contributed by atoms with Crippen LogP contribution in [-0.2, 0) is 5.41 Å². The van der Waals surface area contributed by atoms with E-state index >= 15 is 0 Å². The van der Waals surface area contributed by atoms with Crippen molar-refractivity contribution in [2.75, 3.05) is 20.7 Å². The van der Waals surface area contributed by atoms with Crippen LogP contribution in [0, 0.1) is 6.92 Å². The van der Waals surface area contributed by atoms with Crippen LogP contribution in [0.4, 0.5) is 0 Å². The highest BCUT2D eigenvalue weighted by molar-refractivity contribution is 5.49. The van der Waals surface area contributed by atoms with Crippen molar-refractivity contribution in [3.63, 3.8) is 0 Å². The molecule has 4 nitrogen and oxygen atoms in total. The van der Waals surface area contributed by atoms with Gasteiger partial charge in [-0.15, -0.1) is 0 Å². The lowest BCUT2D eigenvalue weighted by Gasteiger charge is -2.28. The maximum Gasteiger partial charge on any atom is 0.128 e. The molecular weight excluding hydrogens is 264 g/mol. The second kappa shape index (κ2) is 7.25. The zero-order chi connectivity index (χ0) is 16.2. The van der Waals surface area contributed by atoms with Gasteiger partial charge in [0, 0.05) is 17.2 Å². The molecule has 1 aromatic rings. The van der Waals surface area contributed by atoms with Gasteiger partial charge in [-0.05, 0) is 38.4 Å². The van der Waals surface area contributed by atoms with Crippen LogP contribution in [-0.4, -0.2) is 31.9 Å². The van der Waals surface area contributed by atoms with Crippen molar-refractivity contribution < 1.29 is 9.84 Å². The summed E-state index contributed by atoms with van der Waals surface area (Å²) in [6.07, 6.45) is -0.0195. The average molecular weight is 294 g/mol. The first-order valence-electron chi connectivity index (χ1n) is 7.49. The summed E-state index contributed by atoms with van der Waals surface area (Å²) in [6, 6.07) is 3.77. The monoisotopic (exact) mass is 294 g/mol. The van der Waals surface area contributed by atoms with Crippen LogP contribution in [0.5, 0.6) is 5.75 Å². The van der Waals surface area contributed by atoms with E-state index in [1.54, 1.807) is 7.11 Å². The third-order valence-corrected chi connectivity index (χ3v) is 3.73. The fraction of sp³-hybridized carbons (Fsp3) is 0.647. The molecule has 1 rings (SSSR count). The van der Waals surface area contributed by atoms with Crippen LogP contribution in [0.2, 0.25) is 0 Å². The number of nitrogens with two attached hydrogens (primary N) is 1. The Morgan fingerprint density at radius 1 is 1.33 bits per heavy atom. The van der Waals surface area contributed by atoms with Crippen LogP contribution in [0.15, 0.2) is 12.1 Å². The third-order valence-electron chi connectivity index (χ3n) is 3.73. The van der Waals surface area contributed by atoms with Gasteiger partial charge in [0.2, 0.25) is 0 Å². The minimum Gasteiger partial charge on any atom is -0.496 e. The Morgan fingerprint density at radius 3 is 2.43 bits per heavy atom. The van der Waals surface area contributed by atoms with Gasteiger partial charge < -0.3 is 20.9 Å². The SMILES string of the molecule is CNCCC(N)C(O)c1cc(C)cc(C(C)(C)C)c1OC. The molecule has 0 radical (unpaired) electrons. The summed E-state index contributed by atoms with van der Waals surface area (Å²) in [5.74, 6) is 0.750. The van der Waals surface area contributed by atoms with Gasteiger partial charge in [-0.3, -0.25) is 0 Å². The van der Waals surface area contributed by atoms with Crippen LogP contribution in [0.1, 0.15) is 50.0 Å². The fourth-order valence-electron chi connectivity index (χ4n) is 2.51. The molecule has 4 N–H and O–H groups in total. The molecule has 0 amide bonds. The van der Waals surface area contributed by atoms with Gasteiger partial charge in [0.25, 0.3) is 0 Å². The number of aliphatic hydroxyl groups excluding tert-OH is 1. The molecule has 0 heterocycles. The van der Waals surface area contributed by atoms with Crippen LogP contribution < -0.4 is 15.8 Å². The number of rotatable bonds is 6. The standard InChI is InChI=1S/C17H30N2O2/c1-11-9-12(15(20)14(18)7-8-19-5)16(21-6)13(10-11)17(2,3)4/h9-10,14-15,19-20H,7-8,18H2,1-6H3. The number of ether oxygens (including phenoxy) is 1. The highest BCUT2D eigenvalue weighted by Crippen LogP contribution is 2.38. The summed E-state index contributed by atoms with van der Waals surface area (Å²) in [7, 11) is 3.53. The predicted octanol–water partition coefficient (Wildman–Crippen LogP) is 2.27. The summed E-state index contributed by atoms with van der Waals surface area (Å²) in [6.45, 7) is 9.23. The maximum absolute atomic E-state index is 10.6. The van der Waals surface area contributed by atoms with Crippen molar-refractivity contribution >= 4 is 0 Å². The first kappa shape index (κ1) is 18.0. The Hall–Kier alpha value is -1.10. The van der Waals surface area contributed by atoms with Gasteiger partial charge in [0.1, 0.15) is 5.75 Å². The van der Waals surface area contributed by atoms with E-state index in [1.165, 1.54) is 0 Å². The normalized spacial score (nSPS) is 14.9. The molecule has 0 saturated heterocycles. The number of benzene rings is 1. The average Bonchev–Trinajstić information content (AvgIpc) is 2.41. The molecule has 2 unspecified atom stereocenters. The Labute approximate surface area is 128 Å². The molecule has 0 aliphatic carbocycles. The molecule has 0 aliphatic rings. The number of aliphatic hydroxyl groups is 1. The number of hydrogen-bond acceptors (Lipinski definition) is 4. The van der Waals surface area contributed by atoms with Crippen LogP contribution in [0.25, 0.3) is 0 Å². The van der Waals surface area contributed by atoms with Crippen LogP contribution in [0.3, 0.4) is 0 Å². The Morgan fingerprint density at radius 2 is 1.95 bits per heavy atom. The van der Waals surface area contributed by atoms with Crippen molar-refractivity contribution in [1.82, 2.24) is 5.32 Å². The first-order valence-corrected chi connectivity index (χ1v) is 7.49. The molecule has 0 aliphatic heterocycles. The smallest absolute Gasteiger partial charge is 0.128 e. The zero-order valence-corrected chi connectivity index (χ0v) is 14.2. The second-order valence-corrected chi connectivity index (χ2v) is 6.69. The minimum atomic E-state index is -0.728. The minimum absolute atomic E-state index is 0.0547. The summed E-state index contributed by atoms with van der Waals surface area (Å²) >= 11 is 0. The van der Waals surface area contributed by atoms with E-state index in [-0.39, 0.29) is 11.5 Å². The zero-order valence-electron chi connectivity index (χ0n) is 14.2. The van der Waals surface area contributed by atoms with Crippen molar-refractivity contribution in [3.8, 4) is 5.75 Å². The topological polar surface area (TPSA) is 67.5 Å². The van der Waals surface area contributed by atoms with Crippen molar-refractivity contribution in [2.24, 2.45) is 5.73 Å². The molecule has 0 aromatic heterocycles. The number of nitrogens with one attached hydrogen (secondary N) is 1. The molecule has 0 bridgehead atoms. The van der Waals surface area contributed by atoms with E-state index in [0.717, 1.165) is 29.0 Å². The highest BCUT2D eigenvalue weighted by Gasteiger charge is 2.27. The van der Waals surface area contributed by atoms with E-state index < -0.39 is 6.10 Å². The van der Waals surface area contributed by atoms with Crippen molar-refractivity contribution in [3.05, 3.63) is 28.8 Å². The molecule has 0 spiro atoms. The summed E-state index contributed by atoms with van der Waals surface area (Å²) in [5, 5.41) is 13.7. The molecule has 0 saturated carbocycles. The fourth-order valence-corrected chi connectivity index (χ4v) is 2.51. The number of aryl methyl sites for hydroxylation is 1. The number of methoxy groups -OCH3 is 1. The summed E-state index contributed by atoms with van der Waals surface area (Å²) in [4.78, 5) is 0. The molecule has 1 aromatic carbocycles. The van der Waals surface area contributed by atoms with E-state index in [1.807, 2.05) is 20.0 Å². The lowest BCUT2D eigenvalue weighted by molar-refractivity contribution is 0.138. The summed E-state index contributed by atoms with van der Waals surface area (Å²) < 4.78 is 5.60. The summed E-state index contributed by atoms with van der Waals surface area (Å²) in [5.41, 5.74) is 9.06. The first-order chi connectivity index (χ1) is 9.72. The Balaban J connectivity index is 3.25. The van der Waals surface area contributed by atoms with E-state index in [9.17, 15) is 5.11 Å².